The molecule has 1 amide bonds. The van der Waals surface area contributed by atoms with Crippen molar-refractivity contribution in [1.82, 2.24) is 5.32 Å². The van der Waals surface area contributed by atoms with Crippen LogP contribution in [0.15, 0.2) is 17.5 Å². The second kappa shape index (κ2) is 7.07. The van der Waals surface area contributed by atoms with Gasteiger partial charge in [-0.1, -0.05) is 35.8 Å². The van der Waals surface area contributed by atoms with E-state index in [1.165, 1.54) is 0 Å². The third-order valence-electron chi connectivity index (χ3n) is 2.16. The van der Waals surface area contributed by atoms with E-state index in [9.17, 15) is 4.79 Å². The highest BCUT2D eigenvalue weighted by Gasteiger charge is 2.09. The number of hydrogen-bond donors (Lipinski definition) is 1. The van der Waals surface area contributed by atoms with E-state index in [1.54, 1.807) is 11.3 Å². The maximum Gasteiger partial charge on any atom is 0.225 e. The fraction of sp³-hybridized carbons (Fsp3) is 0.583. The first kappa shape index (κ1) is 13.7. The Morgan fingerprint density at radius 3 is 2.88 bits per heavy atom. The lowest BCUT2D eigenvalue weighted by molar-refractivity contribution is -0.120. The lowest BCUT2D eigenvalue weighted by atomic mass is 10.1. The van der Waals surface area contributed by atoms with Crippen LogP contribution in [-0.2, 0) is 11.2 Å². The summed E-state index contributed by atoms with van der Waals surface area (Å²) in [5.74, 6) is 0.759. The summed E-state index contributed by atoms with van der Waals surface area (Å²) < 4.78 is 0. The van der Waals surface area contributed by atoms with Crippen molar-refractivity contribution < 1.29 is 4.79 Å². The Morgan fingerprint density at radius 2 is 2.31 bits per heavy atom. The highest BCUT2D eigenvalue weighted by Crippen LogP contribution is 2.12. The van der Waals surface area contributed by atoms with Gasteiger partial charge in [-0.15, -0.1) is 11.3 Å². The van der Waals surface area contributed by atoms with Crippen molar-refractivity contribution in [3.63, 3.8) is 0 Å². The molecule has 1 aromatic rings. The van der Waals surface area contributed by atoms with Crippen molar-refractivity contribution in [3.8, 4) is 0 Å². The SMILES string of the molecule is CC(C)CC(Br)CNC(=O)Cc1cccs1. The molecule has 0 aliphatic rings. The average Bonchev–Trinajstić information content (AvgIpc) is 2.66. The first-order chi connectivity index (χ1) is 7.58. The molecule has 0 spiro atoms. The van der Waals surface area contributed by atoms with Gasteiger partial charge in [0.2, 0.25) is 5.91 Å². The van der Waals surface area contributed by atoms with Crippen LogP contribution in [0, 0.1) is 5.92 Å². The maximum absolute atomic E-state index is 11.6. The van der Waals surface area contributed by atoms with Crippen LogP contribution in [0.4, 0.5) is 0 Å². The second-order valence-electron chi connectivity index (χ2n) is 4.29. The third kappa shape index (κ3) is 5.66. The number of thiophene rings is 1. The summed E-state index contributed by atoms with van der Waals surface area (Å²) in [5.41, 5.74) is 0. The monoisotopic (exact) mass is 303 g/mol. The van der Waals surface area contributed by atoms with Gasteiger partial charge in [0.1, 0.15) is 0 Å². The Labute approximate surface area is 110 Å². The first-order valence-corrected chi connectivity index (χ1v) is 7.30. The maximum atomic E-state index is 11.6. The standard InChI is InChI=1S/C12H18BrNOS/c1-9(2)6-10(13)8-14-12(15)7-11-4-3-5-16-11/h3-5,9-10H,6-8H2,1-2H3,(H,14,15). The molecule has 0 aromatic carbocycles. The van der Waals surface area contributed by atoms with Crippen molar-refractivity contribution >= 4 is 33.2 Å². The molecule has 1 heterocycles. The van der Waals surface area contributed by atoms with Crippen LogP contribution in [0.3, 0.4) is 0 Å². The lowest BCUT2D eigenvalue weighted by Gasteiger charge is -2.12. The summed E-state index contributed by atoms with van der Waals surface area (Å²) in [4.78, 5) is 13.1. The molecule has 0 aliphatic carbocycles. The Kier molecular flexibility index (Phi) is 6.06. The Morgan fingerprint density at radius 1 is 1.56 bits per heavy atom. The molecule has 1 N–H and O–H groups in total. The Balaban J connectivity index is 2.20. The third-order valence-corrected chi connectivity index (χ3v) is 3.74. The van der Waals surface area contributed by atoms with Crippen molar-refractivity contribution in [1.29, 1.82) is 0 Å². The molecule has 1 rings (SSSR count). The summed E-state index contributed by atoms with van der Waals surface area (Å²) in [6.07, 6.45) is 1.58. The van der Waals surface area contributed by atoms with Crippen LogP contribution in [0.2, 0.25) is 0 Å². The Hall–Kier alpha value is -0.350. The highest BCUT2D eigenvalue weighted by molar-refractivity contribution is 9.09. The first-order valence-electron chi connectivity index (χ1n) is 5.51. The van der Waals surface area contributed by atoms with Crippen LogP contribution in [0.5, 0.6) is 0 Å². The number of nitrogens with one attached hydrogen (secondary N) is 1. The van der Waals surface area contributed by atoms with E-state index in [2.05, 4.69) is 35.1 Å². The number of carbonyl (C=O) groups is 1. The van der Waals surface area contributed by atoms with Crippen molar-refractivity contribution in [2.45, 2.75) is 31.5 Å². The van der Waals surface area contributed by atoms with Crippen molar-refractivity contribution in [2.24, 2.45) is 5.92 Å². The molecule has 1 aromatic heterocycles. The predicted octanol–water partition coefficient (Wildman–Crippen LogP) is 3.22. The van der Waals surface area contributed by atoms with Crippen LogP contribution in [0.1, 0.15) is 25.1 Å². The van der Waals surface area contributed by atoms with Gasteiger partial charge in [0, 0.05) is 16.2 Å². The largest absolute Gasteiger partial charge is 0.355 e. The summed E-state index contributed by atoms with van der Waals surface area (Å²) >= 11 is 5.20. The lowest BCUT2D eigenvalue weighted by Crippen LogP contribution is -2.31. The summed E-state index contributed by atoms with van der Waals surface area (Å²) in [6.45, 7) is 5.08. The van der Waals surface area contributed by atoms with Gasteiger partial charge in [0.15, 0.2) is 0 Å². The smallest absolute Gasteiger partial charge is 0.225 e. The van der Waals surface area contributed by atoms with Crippen LogP contribution in [0.25, 0.3) is 0 Å². The van der Waals surface area contributed by atoms with Crippen molar-refractivity contribution in [2.75, 3.05) is 6.54 Å². The normalized spacial score (nSPS) is 12.8. The van der Waals surface area contributed by atoms with Gasteiger partial charge in [-0.2, -0.15) is 0 Å². The van der Waals surface area contributed by atoms with E-state index in [0.717, 1.165) is 11.3 Å². The molecular weight excluding hydrogens is 286 g/mol. The summed E-state index contributed by atoms with van der Waals surface area (Å²) in [6, 6.07) is 3.96. The van der Waals surface area contributed by atoms with Gasteiger partial charge in [0.05, 0.1) is 6.42 Å². The van der Waals surface area contributed by atoms with E-state index < -0.39 is 0 Å². The minimum atomic E-state index is 0.107. The molecule has 90 valence electrons. The zero-order valence-corrected chi connectivity index (χ0v) is 12.1. The van der Waals surface area contributed by atoms with Crippen LogP contribution in [-0.4, -0.2) is 17.3 Å². The molecule has 1 atom stereocenters. The molecule has 0 saturated carbocycles. The van der Waals surface area contributed by atoms with Gasteiger partial charge in [-0.05, 0) is 23.8 Å². The number of carbonyl (C=O) groups excluding carboxylic acids is 1. The van der Waals surface area contributed by atoms with Crippen molar-refractivity contribution in [3.05, 3.63) is 22.4 Å². The summed E-state index contributed by atoms with van der Waals surface area (Å²) in [5, 5.41) is 4.94. The fourth-order valence-corrected chi connectivity index (χ4v) is 3.07. The highest BCUT2D eigenvalue weighted by atomic mass is 79.9. The second-order valence-corrected chi connectivity index (χ2v) is 6.61. The minimum Gasteiger partial charge on any atom is -0.355 e. The molecule has 0 radical (unpaired) electrons. The molecule has 2 nitrogen and oxygen atoms in total. The van der Waals surface area contributed by atoms with E-state index >= 15 is 0 Å². The molecule has 16 heavy (non-hydrogen) atoms. The molecule has 0 bridgehead atoms. The van der Waals surface area contributed by atoms with Gasteiger partial charge in [-0.3, -0.25) is 4.79 Å². The topological polar surface area (TPSA) is 29.1 Å². The quantitative estimate of drug-likeness (QED) is 0.803. The molecule has 0 aliphatic heterocycles. The predicted molar refractivity (Wildman–Crippen MR) is 73.2 cm³/mol. The van der Waals surface area contributed by atoms with E-state index in [-0.39, 0.29) is 5.91 Å². The molecular formula is C12H18BrNOS. The number of alkyl halides is 1. The molecule has 4 heteroatoms. The molecule has 0 saturated heterocycles. The van der Waals surface area contributed by atoms with Gasteiger partial charge in [-0.25, -0.2) is 0 Å². The van der Waals surface area contributed by atoms with E-state index in [1.807, 2.05) is 17.5 Å². The number of amides is 1. The van der Waals surface area contributed by atoms with Gasteiger partial charge < -0.3 is 5.32 Å². The molecule has 0 fully saturated rings. The number of hydrogen-bond acceptors (Lipinski definition) is 2. The van der Waals surface area contributed by atoms with E-state index in [4.69, 9.17) is 0 Å². The summed E-state index contributed by atoms with van der Waals surface area (Å²) in [7, 11) is 0. The van der Waals surface area contributed by atoms with Gasteiger partial charge >= 0.3 is 0 Å². The van der Waals surface area contributed by atoms with Crippen LogP contribution < -0.4 is 5.32 Å². The zero-order valence-electron chi connectivity index (χ0n) is 9.70. The number of rotatable bonds is 6. The number of halogens is 1. The fourth-order valence-electron chi connectivity index (χ4n) is 1.45. The van der Waals surface area contributed by atoms with E-state index in [0.29, 0.717) is 23.7 Å². The zero-order chi connectivity index (χ0) is 12.0. The Bertz CT molecular complexity index is 311. The van der Waals surface area contributed by atoms with Gasteiger partial charge in [0.25, 0.3) is 0 Å². The van der Waals surface area contributed by atoms with Crippen LogP contribution >= 0.6 is 27.3 Å². The minimum absolute atomic E-state index is 0.107. The average molecular weight is 304 g/mol. The molecule has 1 unspecified atom stereocenters.